The summed E-state index contributed by atoms with van der Waals surface area (Å²) >= 11 is 0. The Labute approximate surface area is 89.0 Å². The Balaban J connectivity index is 2.07. The molecule has 1 aromatic carbocycles. The topological polar surface area (TPSA) is 44.5 Å². The summed E-state index contributed by atoms with van der Waals surface area (Å²) in [5.41, 5.74) is 5.30. The van der Waals surface area contributed by atoms with Gasteiger partial charge in [-0.25, -0.2) is 4.39 Å². The van der Waals surface area contributed by atoms with E-state index in [1.165, 1.54) is 12.1 Å². The first-order valence-electron chi connectivity index (χ1n) is 4.99. The largest absolute Gasteiger partial charge is 0.491 e. The first-order chi connectivity index (χ1) is 7.33. The lowest BCUT2D eigenvalue weighted by Crippen LogP contribution is -2.10. The van der Waals surface area contributed by atoms with E-state index in [9.17, 15) is 4.39 Å². The molecule has 1 aromatic rings. The van der Waals surface area contributed by atoms with E-state index in [0.29, 0.717) is 32.1 Å². The van der Waals surface area contributed by atoms with E-state index >= 15 is 0 Å². The van der Waals surface area contributed by atoms with E-state index in [2.05, 4.69) is 0 Å². The maximum atomic E-state index is 12.5. The van der Waals surface area contributed by atoms with Crippen molar-refractivity contribution in [3.63, 3.8) is 0 Å². The van der Waals surface area contributed by atoms with Crippen LogP contribution in [0.1, 0.15) is 6.42 Å². The number of nitrogens with two attached hydrogens (primary N) is 1. The van der Waals surface area contributed by atoms with Crippen molar-refractivity contribution in [2.24, 2.45) is 5.73 Å². The lowest BCUT2D eigenvalue weighted by atomic mass is 10.3. The van der Waals surface area contributed by atoms with Gasteiger partial charge in [-0.3, -0.25) is 0 Å². The van der Waals surface area contributed by atoms with Gasteiger partial charge in [-0.15, -0.1) is 0 Å². The van der Waals surface area contributed by atoms with Gasteiger partial charge in [0.1, 0.15) is 18.2 Å². The van der Waals surface area contributed by atoms with Gasteiger partial charge in [0.15, 0.2) is 0 Å². The molecular formula is C11H16FNO2. The summed E-state index contributed by atoms with van der Waals surface area (Å²) in [4.78, 5) is 0. The molecule has 0 bridgehead atoms. The monoisotopic (exact) mass is 213 g/mol. The molecule has 0 aliphatic heterocycles. The maximum absolute atomic E-state index is 12.5. The Morgan fingerprint density at radius 3 is 2.47 bits per heavy atom. The fourth-order valence-electron chi connectivity index (χ4n) is 1.04. The van der Waals surface area contributed by atoms with Crippen LogP contribution in [0.4, 0.5) is 4.39 Å². The van der Waals surface area contributed by atoms with Crippen LogP contribution in [-0.4, -0.2) is 26.4 Å². The van der Waals surface area contributed by atoms with Gasteiger partial charge in [-0.1, -0.05) is 0 Å². The van der Waals surface area contributed by atoms with Gasteiger partial charge < -0.3 is 15.2 Å². The van der Waals surface area contributed by atoms with E-state index in [1.807, 2.05) is 0 Å². The second-order valence-corrected chi connectivity index (χ2v) is 3.06. The number of hydrogen-bond acceptors (Lipinski definition) is 3. The quantitative estimate of drug-likeness (QED) is 0.699. The van der Waals surface area contributed by atoms with E-state index in [1.54, 1.807) is 12.1 Å². The summed E-state index contributed by atoms with van der Waals surface area (Å²) in [5, 5.41) is 0. The Morgan fingerprint density at radius 2 is 1.80 bits per heavy atom. The van der Waals surface area contributed by atoms with Crippen LogP contribution in [0.15, 0.2) is 24.3 Å². The van der Waals surface area contributed by atoms with Crippen molar-refractivity contribution in [2.75, 3.05) is 26.4 Å². The van der Waals surface area contributed by atoms with Crippen LogP contribution in [0.5, 0.6) is 5.75 Å². The summed E-state index contributed by atoms with van der Waals surface area (Å²) in [6.07, 6.45) is 0.858. The number of rotatable bonds is 7. The van der Waals surface area contributed by atoms with Crippen LogP contribution in [0, 0.1) is 5.82 Å². The normalized spacial score (nSPS) is 10.3. The van der Waals surface area contributed by atoms with Crippen molar-refractivity contribution in [2.45, 2.75) is 6.42 Å². The smallest absolute Gasteiger partial charge is 0.123 e. The van der Waals surface area contributed by atoms with Gasteiger partial charge in [0, 0.05) is 6.61 Å². The fraction of sp³-hybridized carbons (Fsp3) is 0.455. The van der Waals surface area contributed by atoms with Gasteiger partial charge >= 0.3 is 0 Å². The third-order valence-electron chi connectivity index (χ3n) is 1.80. The van der Waals surface area contributed by atoms with Crippen LogP contribution in [-0.2, 0) is 4.74 Å². The molecule has 0 aromatic heterocycles. The zero-order valence-corrected chi connectivity index (χ0v) is 8.62. The van der Waals surface area contributed by atoms with Crippen LogP contribution in [0.25, 0.3) is 0 Å². The minimum absolute atomic E-state index is 0.262. The zero-order valence-electron chi connectivity index (χ0n) is 8.62. The van der Waals surface area contributed by atoms with Gasteiger partial charge in [0.2, 0.25) is 0 Å². The van der Waals surface area contributed by atoms with Crippen molar-refractivity contribution >= 4 is 0 Å². The third-order valence-corrected chi connectivity index (χ3v) is 1.80. The highest BCUT2D eigenvalue weighted by atomic mass is 19.1. The molecule has 0 fully saturated rings. The lowest BCUT2D eigenvalue weighted by Gasteiger charge is -2.06. The molecule has 0 unspecified atom stereocenters. The standard InChI is InChI=1S/C11H16FNO2/c12-10-2-4-11(5-3-10)15-9-8-14-7-1-6-13/h2-5H,1,6-9,13H2. The molecule has 0 saturated heterocycles. The molecule has 0 spiro atoms. The Hall–Kier alpha value is -1.13. The predicted molar refractivity (Wildman–Crippen MR) is 56.4 cm³/mol. The van der Waals surface area contributed by atoms with Crippen LogP contribution < -0.4 is 10.5 Å². The summed E-state index contributed by atoms with van der Waals surface area (Å²) < 4.78 is 23.1. The number of ether oxygens (including phenoxy) is 2. The highest BCUT2D eigenvalue weighted by Crippen LogP contribution is 2.10. The molecule has 0 aliphatic rings. The molecule has 3 nitrogen and oxygen atoms in total. The van der Waals surface area contributed by atoms with Gasteiger partial charge in [-0.05, 0) is 37.2 Å². The molecule has 1 rings (SSSR count). The van der Waals surface area contributed by atoms with Crippen molar-refractivity contribution in [1.29, 1.82) is 0 Å². The molecule has 84 valence electrons. The predicted octanol–water partition coefficient (Wildman–Crippen LogP) is 1.57. The summed E-state index contributed by atoms with van der Waals surface area (Å²) in [7, 11) is 0. The first kappa shape index (κ1) is 11.9. The molecule has 2 N–H and O–H groups in total. The average Bonchev–Trinajstić information content (AvgIpc) is 2.26. The molecule has 15 heavy (non-hydrogen) atoms. The van der Waals surface area contributed by atoms with E-state index < -0.39 is 0 Å². The SMILES string of the molecule is NCCCOCCOc1ccc(F)cc1. The zero-order chi connectivity index (χ0) is 10.9. The average molecular weight is 213 g/mol. The number of benzene rings is 1. The van der Waals surface area contributed by atoms with Crippen molar-refractivity contribution in [3.8, 4) is 5.75 Å². The van der Waals surface area contributed by atoms with Crippen LogP contribution >= 0.6 is 0 Å². The van der Waals surface area contributed by atoms with E-state index in [4.69, 9.17) is 15.2 Å². The molecule has 0 saturated carbocycles. The summed E-state index contributed by atoms with van der Waals surface area (Å²) in [6.45, 7) is 2.29. The van der Waals surface area contributed by atoms with E-state index in [-0.39, 0.29) is 5.82 Å². The van der Waals surface area contributed by atoms with Gasteiger partial charge in [0.25, 0.3) is 0 Å². The Kier molecular flexibility index (Phi) is 5.73. The minimum atomic E-state index is -0.262. The first-order valence-corrected chi connectivity index (χ1v) is 4.99. The lowest BCUT2D eigenvalue weighted by molar-refractivity contribution is 0.0994. The Morgan fingerprint density at radius 1 is 1.07 bits per heavy atom. The van der Waals surface area contributed by atoms with Crippen molar-refractivity contribution < 1.29 is 13.9 Å². The summed E-state index contributed by atoms with van der Waals surface area (Å²) in [5.74, 6) is 0.389. The second-order valence-electron chi connectivity index (χ2n) is 3.06. The maximum Gasteiger partial charge on any atom is 0.123 e. The van der Waals surface area contributed by atoms with Gasteiger partial charge in [0.05, 0.1) is 6.61 Å². The fourth-order valence-corrected chi connectivity index (χ4v) is 1.04. The molecular weight excluding hydrogens is 197 g/mol. The number of hydrogen-bond donors (Lipinski definition) is 1. The van der Waals surface area contributed by atoms with Crippen LogP contribution in [0.3, 0.4) is 0 Å². The molecule has 0 radical (unpaired) electrons. The van der Waals surface area contributed by atoms with Gasteiger partial charge in [-0.2, -0.15) is 0 Å². The number of halogens is 1. The van der Waals surface area contributed by atoms with Crippen molar-refractivity contribution in [3.05, 3.63) is 30.1 Å². The highest BCUT2D eigenvalue weighted by Gasteiger charge is 1.94. The molecule has 0 amide bonds. The molecule has 4 heteroatoms. The Bertz CT molecular complexity index is 264. The molecule has 0 aliphatic carbocycles. The minimum Gasteiger partial charge on any atom is -0.491 e. The summed E-state index contributed by atoms with van der Waals surface area (Å²) in [6, 6.07) is 5.92. The van der Waals surface area contributed by atoms with E-state index in [0.717, 1.165) is 6.42 Å². The molecule has 0 atom stereocenters. The third kappa shape index (κ3) is 5.34. The van der Waals surface area contributed by atoms with Crippen LogP contribution in [0.2, 0.25) is 0 Å². The van der Waals surface area contributed by atoms with Crippen molar-refractivity contribution in [1.82, 2.24) is 0 Å². The molecule has 0 heterocycles. The second kappa shape index (κ2) is 7.20. The highest BCUT2D eigenvalue weighted by molar-refractivity contribution is 5.21.